The number of furan rings is 1. The Morgan fingerprint density at radius 1 is 1.56 bits per heavy atom. The lowest BCUT2D eigenvalue weighted by Crippen LogP contribution is -2.35. The van der Waals surface area contributed by atoms with Gasteiger partial charge in [0.2, 0.25) is 10.0 Å². The Kier molecular flexibility index (Phi) is 4.04. The molecule has 1 aromatic rings. The lowest BCUT2D eigenvalue weighted by atomic mass is 10.2. The van der Waals surface area contributed by atoms with Gasteiger partial charge >= 0.3 is 0 Å². The van der Waals surface area contributed by atoms with Crippen molar-refractivity contribution in [2.24, 2.45) is 0 Å². The maximum atomic E-state index is 12.6. The molecule has 2 heterocycles. The van der Waals surface area contributed by atoms with Gasteiger partial charge in [0.25, 0.3) is 0 Å². The average molecular weight is 292 g/mol. The second-order valence-electron chi connectivity index (χ2n) is 4.59. The van der Waals surface area contributed by atoms with Crippen molar-refractivity contribution < 1.29 is 12.8 Å². The van der Waals surface area contributed by atoms with Gasteiger partial charge in [-0.25, -0.2) is 8.42 Å². The molecule has 2 rings (SSSR count). The van der Waals surface area contributed by atoms with Crippen LogP contribution in [-0.2, 0) is 15.9 Å². The van der Waals surface area contributed by atoms with Crippen molar-refractivity contribution in [3.05, 3.63) is 17.6 Å². The molecule has 0 aliphatic carbocycles. The molecule has 6 heteroatoms. The van der Waals surface area contributed by atoms with Gasteiger partial charge in [-0.1, -0.05) is 6.92 Å². The molecule has 18 heavy (non-hydrogen) atoms. The van der Waals surface area contributed by atoms with E-state index in [1.54, 1.807) is 17.3 Å². The minimum atomic E-state index is -3.44. The third kappa shape index (κ3) is 2.31. The summed E-state index contributed by atoms with van der Waals surface area (Å²) in [7, 11) is -3.44. The zero-order valence-corrected chi connectivity index (χ0v) is 12.2. The third-order valence-corrected chi connectivity index (χ3v) is 5.76. The van der Waals surface area contributed by atoms with Crippen molar-refractivity contribution in [1.29, 1.82) is 0 Å². The Morgan fingerprint density at radius 2 is 2.28 bits per heavy atom. The first-order valence-corrected chi connectivity index (χ1v) is 8.15. The van der Waals surface area contributed by atoms with Crippen LogP contribution in [0.2, 0.25) is 0 Å². The Hall–Kier alpha value is -0.520. The summed E-state index contributed by atoms with van der Waals surface area (Å²) in [4.78, 5) is 0.263. The highest BCUT2D eigenvalue weighted by Crippen LogP contribution is 2.30. The van der Waals surface area contributed by atoms with Crippen molar-refractivity contribution in [2.75, 3.05) is 6.54 Å². The van der Waals surface area contributed by atoms with Gasteiger partial charge < -0.3 is 4.42 Å². The number of alkyl halides is 1. The van der Waals surface area contributed by atoms with E-state index in [4.69, 9.17) is 16.0 Å². The Labute approximate surface area is 113 Å². The highest BCUT2D eigenvalue weighted by molar-refractivity contribution is 7.89. The summed E-state index contributed by atoms with van der Waals surface area (Å²) in [6.45, 7) is 4.28. The molecule has 0 amide bonds. The number of sulfonamides is 1. The molecule has 4 nitrogen and oxygen atoms in total. The standard InChI is InChI=1S/C12H18ClNO3S/c1-3-10-5-4-6-14(10)18(15,16)12-7-11(8-13)17-9(12)2/h7,10H,3-6,8H2,1-2H3. The third-order valence-electron chi connectivity index (χ3n) is 3.44. The van der Waals surface area contributed by atoms with E-state index < -0.39 is 10.0 Å². The number of hydrogen-bond donors (Lipinski definition) is 0. The van der Waals surface area contributed by atoms with Crippen LogP contribution < -0.4 is 0 Å². The fourth-order valence-electron chi connectivity index (χ4n) is 2.51. The second-order valence-corrected chi connectivity index (χ2v) is 6.71. The Morgan fingerprint density at radius 3 is 2.83 bits per heavy atom. The minimum Gasteiger partial charge on any atom is -0.464 e. The number of rotatable bonds is 4. The summed E-state index contributed by atoms with van der Waals surface area (Å²) >= 11 is 5.68. The fraction of sp³-hybridized carbons (Fsp3) is 0.667. The molecular weight excluding hydrogens is 274 g/mol. The molecule has 1 saturated heterocycles. The average Bonchev–Trinajstić information content (AvgIpc) is 2.94. The summed E-state index contributed by atoms with van der Waals surface area (Å²) in [6, 6.07) is 1.66. The summed E-state index contributed by atoms with van der Waals surface area (Å²) in [6.07, 6.45) is 2.71. The molecule has 0 aromatic carbocycles. The van der Waals surface area contributed by atoms with Crippen LogP contribution >= 0.6 is 11.6 Å². The lowest BCUT2D eigenvalue weighted by Gasteiger charge is -2.22. The number of nitrogens with zero attached hydrogens (tertiary/aromatic N) is 1. The predicted molar refractivity (Wildman–Crippen MR) is 70.2 cm³/mol. The molecule has 1 atom stereocenters. The van der Waals surface area contributed by atoms with Gasteiger partial charge in [-0.15, -0.1) is 11.6 Å². The van der Waals surface area contributed by atoms with E-state index in [2.05, 4.69) is 0 Å². The molecule has 1 fully saturated rings. The van der Waals surface area contributed by atoms with E-state index in [0.29, 0.717) is 18.1 Å². The van der Waals surface area contributed by atoms with Gasteiger partial charge in [0.15, 0.2) is 0 Å². The van der Waals surface area contributed by atoms with E-state index in [9.17, 15) is 8.42 Å². The zero-order chi connectivity index (χ0) is 13.3. The van der Waals surface area contributed by atoms with Crippen molar-refractivity contribution in [3.8, 4) is 0 Å². The highest BCUT2D eigenvalue weighted by Gasteiger charge is 2.36. The van der Waals surface area contributed by atoms with Crippen LogP contribution in [0.25, 0.3) is 0 Å². The van der Waals surface area contributed by atoms with Crippen LogP contribution in [0, 0.1) is 6.92 Å². The second kappa shape index (κ2) is 5.23. The molecular formula is C12H18ClNO3S. The van der Waals surface area contributed by atoms with Crippen LogP contribution in [0.5, 0.6) is 0 Å². The summed E-state index contributed by atoms with van der Waals surface area (Å²) in [5.74, 6) is 1.11. The van der Waals surface area contributed by atoms with Crippen molar-refractivity contribution in [2.45, 2.75) is 49.9 Å². The minimum absolute atomic E-state index is 0.115. The summed E-state index contributed by atoms with van der Waals surface area (Å²) in [5, 5.41) is 0. The van der Waals surface area contributed by atoms with Gasteiger partial charge in [-0.2, -0.15) is 4.31 Å². The Bertz CT molecular complexity index is 523. The first-order valence-electron chi connectivity index (χ1n) is 6.17. The zero-order valence-electron chi connectivity index (χ0n) is 10.6. The van der Waals surface area contributed by atoms with Crippen molar-refractivity contribution >= 4 is 21.6 Å². The van der Waals surface area contributed by atoms with Crippen LogP contribution in [0.4, 0.5) is 0 Å². The van der Waals surface area contributed by atoms with Crippen LogP contribution in [0.15, 0.2) is 15.4 Å². The maximum Gasteiger partial charge on any atom is 0.246 e. The number of halogens is 1. The Balaban J connectivity index is 2.38. The number of aryl methyl sites for hydroxylation is 1. The molecule has 0 saturated carbocycles. The number of hydrogen-bond acceptors (Lipinski definition) is 3. The van der Waals surface area contributed by atoms with E-state index in [0.717, 1.165) is 19.3 Å². The normalized spacial score (nSPS) is 21.6. The van der Waals surface area contributed by atoms with Crippen LogP contribution in [0.1, 0.15) is 37.7 Å². The first kappa shape index (κ1) is 13.9. The maximum absolute atomic E-state index is 12.6. The van der Waals surface area contributed by atoms with E-state index in [1.807, 2.05) is 6.92 Å². The molecule has 1 unspecified atom stereocenters. The topological polar surface area (TPSA) is 50.5 Å². The first-order chi connectivity index (χ1) is 8.50. The monoisotopic (exact) mass is 291 g/mol. The quantitative estimate of drug-likeness (QED) is 0.802. The SMILES string of the molecule is CCC1CCCN1S(=O)(=O)c1cc(CCl)oc1C. The summed E-state index contributed by atoms with van der Waals surface area (Å²) in [5.41, 5.74) is 0. The molecule has 0 radical (unpaired) electrons. The van der Waals surface area contributed by atoms with Crippen LogP contribution in [0.3, 0.4) is 0 Å². The molecule has 0 spiro atoms. The molecule has 102 valence electrons. The highest BCUT2D eigenvalue weighted by atomic mass is 35.5. The van der Waals surface area contributed by atoms with Crippen LogP contribution in [-0.4, -0.2) is 25.3 Å². The van der Waals surface area contributed by atoms with E-state index in [1.165, 1.54) is 0 Å². The molecule has 0 bridgehead atoms. The van der Waals surface area contributed by atoms with Gasteiger partial charge in [0.05, 0.1) is 5.88 Å². The predicted octanol–water partition coefficient (Wildman–Crippen LogP) is 2.89. The van der Waals surface area contributed by atoms with Gasteiger partial charge in [-0.05, 0) is 26.2 Å². The molecule has 1 aromatic heterocycles. The van der Waals surface area contributed by atoms with Gasteiger partial charge in [0, 0.05) is 18.7 Å². The van der Waals surface area contributed by atoms with Gasteiger partial charge in [0.1, 0.15) is 16.4 Å². The van der Waals surface area contributed by atoms with Crippen molar-refractivity contribution in [3.63, 3.8) is 0 Å². The van der Waals surface area contributed by atoms with Gasteiger partial charge in [-0.3, -0.25) is 0 Å². The largest absolute Gasteiger partial charge is 0.464 e. The molecule has 0 N–H and O–H groups in total. The summed E-state index contributed by atoms with van der Waals surface area (Å²) < 4.78 is 32.1. The molecule has 1 aliphatic rings. The lowest BCUT2D eigenvalue weighted by molar-refractivity contribution is 0.378. The fourth-order valence-corrected chi connectivity index (χ4v) is 4.59. The van der Waals surface area contributed by atoms with Crippen molar-refractivity contribution in [1.82, 2.24) is 4.31 Å². The van der Waals surface area contributed by atoms with E-state index >= 15 is 0 Å². The molecule has 1 aliphatic heterocycles. The smallest absolute Gasteiger partial charge is 0.246 e. The van der Waals surface area contributed by atoms with E-state index in [-0.39, 0.29) is 16.8 Å².